The molecule has 4 aliphatic heterocycles. The molecule has 620 valence electrons. The van der Waals surface area contributed by atoms with Crippen LogP contribution in [0.1, 0.15) is 167 Å². The van der Waals surface area contributed by atoms with Crippen LogP contribution >= 0.6 is 47.0 Å². The van der Waals surface area contributed by atoms with Gasteiger partial charge in [-0.2, -0.15) is 0 Å². The SMILES string of the molecule is CCCC(NC(=O)[C@@H]1CC2(CN1C(=O)C(NC(=O)OCC(C)C)C1CCCCC1)SCC(CO)S2)C(=O)C(=O)NCC(=O)NC(C(=O)N(C)C)c1ccccc1.CCCC(NC(=O)[C@@H]1CC2(CN1C(=O)C(NC(=O)OCC(C)C)C1CCCCC1)SCC(CO)S2)C(=O)C(=O)NCC(=O)NC(C(=O)N(C)C)c1ccccc1. The van der Waals surface area contributed by atoms with Crippen molar-refractivity contribution in [1.29, 1.82) is 0 Å². The van der Waals surface area contributed by atoms with Crippen LogP contribution in [-0.2, 0) is 67.0 Å². The van der Waals surface area contributed by atoms with E-state index in [1.807, 2.05) is 27.7 Å². The molecule has 2 aromatic carbocycles. The molecule has 8 rings (SSSR count). The van der Waals surface area contributed by atoms with Gasteiger partial charge in [-0.1, -0.05) is 154 Å². The largest absolute Gasteiger partial charge is 0.449 e. The third-order valence-electron chi connectivity index (χ3n) is 20.3. The van der Waals surface area contributed by atoms with Crippen molar-refractivity contribution >= 4 is 130 Å². The number of ketones is 2. The Kier molecular flexibility index (Phi) is 36.2. The third-order valence-corrected chi connectivity index (χ3v) is 27.6. The highest BCUT2D eigenvalue weighted by molar-refractivity contribution is 8.22. The summed E-state index contributed by atoms with van der Waals surface area (Å²) in [6.07, 6.45) is 8.76. The van der Waals surface area contributed by atoms with Crippen LogP contribution in [0.15, 0.2) is 60.7 Å². The molecule has 10 unspecified atom stereocenters. The summed E-state index contributed by atoms with van der Waals surface area (Å²) in [4.78, 5) is 194. The van der Waals surface area contributed by atoms with Gasteiger partial charge in [-0.3, -0.25) is 57.5 Å². The number of hydrogen-bond donors (Lipinski definition) is 10. The highest BCUT2D eigenvalue weighted by Gasteiger charge is 2.57. The fourth-order valence-electron chi connectivity index (χ4n) is 14.5. The Balaban J connectivity index is 0.000000311. The van der Waals surface area contributed by atoms with Gasteiger partial charge in [0.25, 0.3) is 11.8 Å². The molecule has 34 heteroatoms. The highest BCUT2D eigenvalue weighted by Crippen LogP contribution is 2.56. The zero-order chi connectivity index (χ0) is 82.0. The number of Topliss-reactive ketones (excluding diaryl/α,β-unsaturated/α-hetero) is 2. The average molecular weight is 1640 g/mol. The average Bonchev–Trinajstić information content (AvgIpc) is 1.61. The number of benzene rings is 2. The molecule has 6 aliphatic rings. The number of amides is 12. The summed E-state index contributed by atoms with van der Waals surface area (Å²) in [5.41, 5.74) is 1.09. The minimum Gasteiger partial charge on any atom is -0.449 e. The van der Waals surface area contributed by atoms with Gasteiger partial charge in [-0.05, 0) is 73.3 Å². The number of thioether (sulfide) groups is 4. The second kappa shape index (κ2) is 44.3. The van der Waals surface area contributed by atoms with E-state index in [-0.39, 0.29) is 111 Å². The monoisotopic (exact) mass is 1640 g/mol. The maximum absolute atomic E-state index is 14.6. The predicted molar refractivity (Wildman–Crippen MR) is 429 cm³/mol. The molecule has 30 nitrogen and oxygen atoms in total. The molecule has 0 aromatic heterocycles. The van der Waals surface area contributed by atoms with Crippen molar-refractivity contribution in [3.05, 3.63) is 71.8 Å². The fraction of sp³-hybridized carbons (Fsp3) is 0.667. The molecule has 4 heterocycles. The minimum atomic E-state index is -1.25. The van der Waals surface area contributed by atoms with Crippen molar-refractivity contribution in [2.75, 3.05) is 92.3 Å². The molecule has 2 aromatic rings. The number of likely N-dealkylation sites (tertiary alicyclic amines) is 2. The maximum Gasteiger partial charge on any atom is 0.407 e. The lowest BCUT2D eigenvalue weighted by Gasteiger charge is -2.34. The summed E-state index contributed by atoms with van der Waals surface area (Å²) in [6.45, 7) is 10.7. The normalized spacial score (nSPS) is 22.5. The van der Waals surface area contributed by atoms with Crippen molar-refractivity contribution in [2.45, 2.75) is 211 Å². The molecule has 12 amide bonds. The molecular formula is C78H116N12O18S4. The topological polar surface area (TPSA) is 407 Å². The molecule has 2 aliphatic carbocycles. The van der Waals surface area contributed by atoms with E-state index >= 15 is 0 Å². The van der Waals surface area contributed by atoms with Crippen LogP contribution in [0.3, 0.4) is 0 Å². The smallest absolute Gasteiger partial charge is 0.407 e. The van der Waals surface area contributed by atoms with Crippen LogP contribution in [0.25, 0.3) is 0 Å². The van der Waals surface area contributed by atoms with E-state index in [2.05, 4.69) is 42.5 Å². The first-order chi connectivity index (χ1) is 53.4. The van der Waals surface area contributed by atoms with Crippen LogP contribution in [0.4, 0.5) is 9.59 Å². The predicted octanol–water partition coefficient (Wildman–Crippen LogP) is 4.74. The van der Waals surface area contributed by atoms with Crippen LogP contribution in [0, 0.1) is 23.7 Å². The van der Waals surface area contributed by atoms with Gasteiger partial charge in [-0.25, -0.2) is 9.59 Å². The van der Waals surface area contributed by atoms with E-state index < -0.39 is 141 Å². The summed E-state index contributed by atoms with van der Waals surface area (Å²) in [7, 11) is 6.23. The van der Waals surface area contributed by atoms with E-state index in [1.54, 1.807) is 126 Å². The minimum absolute atomic E-state index is 0.0583. The molecule has 0 bridgehead atoms. The maximum atomic E-state index is 14.6. The number of likely N-dealkylation sites (N-methyl/N-ethyl adjacent to an activating group) is 2. The van der Waals surface area contributed by atoms with E-state index in [4.69, 9.17) is 9.47 Å². The summed E-state index contributed by atoms with van der Waals surface area (Å²) in [6, 6.07) is 8.82. The number of nitrogens with one attached hydrogen (secondary N) is 8. The van der Waals surface area contributed by atoms with Gasteiger partial charge < -0.3 is 81.8 Å². The summed E-state index contributed by atoms with van der Waals surface area (Å²) in [5.74, 6) is -7.15. The van der Waals surface area contributed by atoms with E-state index in [0.29, 0.717) is 35.5 Å². The molecule has 112 heavy (non-hydrogen) atoms. The Hall–Kier alpha value is -7.66. The Bertz CT molecular complexity index is 3350. The highest BCUT2D eigenvalue weighted by atomic mass is 32.2. The Labute approximate surface area is 674 Å². The van der Waals surface area contributed by atoms with Gasteiger partial charge in [-0.15, -0.1) is 47.0 Å². The first-order valence-electron chi connectivity index (χ1n) is 39.0. The molecular weight excluding hydrogens is 1520 g/mol. The number of alkyl carbamates (subject to hydrolysis) is 2. The Morgan fingerprint density at radius 3 is 1.15 bits per heavy atom. The Morgan fingerprint density at radius 2 is 0.848 bits per heavy atom. The second-order valence-electron chi connectivity index (χ2n) is 30.8. The zero-order valence-corrected chi connectivity index (χ0v) is 69.4. The number of carbonyl (C=O) groups excluding carboxylic acids is 14. The number of carbonyl (C=O) groups is 14. The molecule has 0 radical (unpaired) electrons. The first-order valence-corrected chi connectivity index (χ1v) is 42.8. The molecule has 6 fully saturated rings. The van der Waals surface area contributed by atoms with Crippen LogP contribution < -0.4 is 42.5 Å². The van der Waals surface area contributed by atoms with Gasteiger partial charge in [0.2, 0.25) is 58.8 Å². The molecule has 2 saturated carbocycles. The van der Waals surface area contributed by atoms with Crippen LogP contribution in [0.2, 0.25) is 0 Å². The zero-order valence-electron chi connectivity index (χ0n) is 66.1. The molecule has 10 N–H and O–H groups in total. The number of aliphatic hydroxyl groups excluding tert-OH is 2. The van der Waals surface area contributed by atoms with Crippen molar-refractivity contribution < 1.29 is 86.8 Å². The molecule has 4 saturated heterocycles. The van der Waals surface area contributed by atoms with Crippen molar-refractivity contribution in [3.8, 4) is 0 Å². The van der Waals surface area contributed by atoms with E-state index in [0.717, 1.165) is 64.2 Å². The fourth-order valence-corrected chi connectivity index (χ4v) is 21.8. The van der Waals surface area contributed by atoms with Gasteiger partial charge in [0.15, 0.2) is 0 Å². The standard InChI is InChI=1S/2C39H58N6O9S2/c2*1-6-13-28(33(48)35(50)40-19-30(47)42-31(36(51)44(4)5)25-14-9-7-10-15-25)41-34(49)29-18-39(55-22-27(20-46)56-39)23-45(29)37(52)32(26-16-11-8-12-17-26)43-38(53)54-21-24(2)3/h2*7,9-10,14-15,24,26-29,31-32,46H,6,8,11-13,16-23H2,1-5H3,(H,40,50)(H,41,49)(H,42,47)(H,43,53)/t2*27?,28?,29-,31?,32?,39?/m00/s1. The lowest BCUT2D eigenvalue weighted by atomic mass is 9.83. The summed E-state index contributed by atoms with van der Waals surface area (Å²) in [5, 5.41) is 40.8. The van der Waals surface area contributed by atoms with Gasteiger partial charge in [0, 0.05) is 76.1 Å². The van der Waals surface area contributed by atoms with Crippen molar-refractivity contribution in [1.82, 2.24) is 62.1 Å². The quantitative estimate of drug-likeness (QED) is 0.0423. The first kappa shape index (κ1) is 91.5. The number of rotatable bonds is 34. The number of ether oxygens (including phenoxy) is 2. The van der Waals surface area contributed by atoms with Crippen molar-refractivity contribution in [2.24, 2.45) is 23.7 Å². The third kappa shape index (κ3) is 26.2. The second-order valence-corrected chi connectivity index (χ2v) is 37.5. The van der Waals surface area contributed by atoms with Crippen LogP contribution in [-0.4, -0.2) is 260 Å². The molecule has 2 spiro atoms. The number of aliphatic hydroxyl groups is 2. The Morgan fingerprint density at radius 1 is 0.500 bits per heavy atom. The van der Waals surface area contributed by atoms with E-state index in [9.17, 15) is 77.3 Å². The van der Waals surface area contributed by atoms with Crippen LogP contribution in [0.5, 0.6) is 0 Å². The lowest BCUT2D eigenvalue weighted by Crippen LogP contribution is -2.58. The van der Waals surface area contributed by atoms with Gasteiger partial charge in [0.05, 0.1) is 59.8 Å². The number of nitrogens with zero attached hydrogens (tertiary/aromatic N) is 4. The van der Waals surface area contributed by atoms with Gasteiger partial charge >= 0.3 is 12.2 Å². The van der Waals surface area contributed by atoms with Crippen molar-refractivity contribution in [3.63, 3.8) is 0 Å². The van der Waals surface area contributed by atoms with E-state index in [1.165, 1.54) is 43.1 Å². The number of hydrogen-bond acceptors (Lipinski definition) is 22. The van der Waals surface area contributed by atoms with Gasteiger partial charge in [0.1, 0.15) is 36.3 Å². The lowest BCUT2D eigenvalue weighted by molar-refractivity contribution is -0.143. The summed E-state index contributed by atoms with van der Waals surface area (Å²) >= 11 is 6.21. The summed E-state index contributed by atoms with van der Waals surface area (Å²) < 4.78 is 9.61. The molecule has 12 atom stereocenters.